The number of alkyl halides is 1. The molecule has 1 fully saturated rings. The third kappa shape index (κ3) is 3.65. The van der Waals surface area contributed by atoms with Gasteiger partial charge in [-0.25, -0.2) is 0 Å². The minimum atomic E-state index is -0.231. The van der Waals surface area contributed by atoms with Crippen molar-refractivity contribution in [1.29, 1.82) is 0 Å². The Hall–Kier alpha value is -0.280. The van der Waals surface area contributed by atoms with Crippen LogP contribution in [0.1, 0.15) is 32.6 Å². The second kappa shape index (κ2) is 6.33. The lowest BCUT2D eigenvalue weighted by Crippen LogP contribution is -2.46. The summed E-state index contributed by atoms with van der Waals surface area (Å²) in [5.74, 6) is 0.761. The summed E-state index contributed by atoms with van der Waals surface area (Å²) in [7, 11) is 0. The third-order valence-electron chi connectivity index (χ3n) is 3.01. The summed E-state index contributed by atoms with van der Waals surface area (Å²) in [4.78, 5) is 13.5. The molecule has 0 aromatic carbocycles. The third-order valence-corrected chi connectivity index (χ3v) is 3.20. The van der Waals surface area contributed by atoms with E-state index in [9.17, 15) is 9.90 Å². The Morgan fingerprint density at radius 3 is 2.93 bits per heavy atom. The molecular formula is C11H20ClNO2. The number of nitrogens with zero attached hydrogens (tertiary/aromatic N) is 1. The van der Waals surface area contributed by atoms with Crippen molar-refractivity contribution in [2.75, 3.05) is 19.0 Å². The number of carbonyl (C=O) groups excluding carboxylic acids is 1. The maximum atomic E-state index is 11.6. The first kappa shape index (κ1) is 12.8. The molecule has 0 spiro atoms. The Morgan fingerprint density at radius 1 is 1.60 bits per heavy atom. The van der Waals surface area contributed by atoms with E-state index in [1.165, 1.54) is 0 Å². The van der Waals surface area contributed by atoms with Gasteiger partial charge in [-0.15, -0.1) is 11.6 Å². The van der Waals surface area contributed by atoms with Gasteiger partial charge in [0, 0.05) is 31.3 Å². The summed E-state index contributed by atoms with van der Waals surface area (Å²) >= 11 is 5.54. The van der Waals surface area contributed by atoms with E-state index >= 15 is 0 Å². The first-order chi connectivity index (χ1) is 7.19. The molecule has 4 heteroatoms. The number of amides is 1. The second-order valence-corrected chi connectivity index (χ2v) is 4.56. The molecule has 1 aliphatic heterocycles. The van der Waals surface area contributed by atoms with Crippen LogP contribution in [0.5, 0.6) is 0 Å². The largest absolute Gasteiger partial charge is 0.393 e. The highest BCUT2D eigenvalue weighted by Crippen LogP contribution is 2.22. The predicted octanol–water partition coefficient (Wildman–Crippen LogP) is 1.62. The zero-order valence-electron chi connectivity index (χ0n) is 9.29. The molecule has 0 bridgehead atoms. The van der Waals surface area contributed by atoms with Crippen LogP contribution in [0.3, 0.4) is 0 Å². The van der Waals surface area contributed by atoms with Crippen molar-refractivity contribution in [3.8, 4) is 0 Å². The molecule has 0 radical (unpaired) electrons. The molecule has 0 aromatic rings. The topological polar surface area (TPSA) is 40.5 Å². The number of hydrogen-bond donors (Lipinski definition) is 1. The van der Waals surface area contributed by atoms with E-state index < -0.39 is 0 Å². The van der Waals surface area contributed by atoms with Gasteiger partial charge in [-0.1, -0.05) is 13.3 Å². The quantitative estimate of drug-likeness (QED) is 0.750. The van der Waals surface area contributed by atoms with Gasteiger partial charge in [0.25, 0.3) is 0 Å². The molecule has 1 rings (SSSR count). The number of carbonyl (C=O) groups is 1. The summed E-state index contributed by atoms with van der Waals surface area (Å²) in [6.07, 6.45) is 2.94. The van der Waals surface area contributed by atoms with Crippen molar-refractivity contribution in [2.24, 2.45) is 5.92 Å². The highest BCUT2D eigenvalue weighted by molar-refractivity contribution is 6.18. The molecular weight excluding hydrogens is 214 g/mol. The molecule has 1 aliphatic rings. The van der Waals surface area contributed by atoms with Crippen LogP contribution in [-0.4, -0.2) is 41.0 Å². The Balaban J connectivity index is 2.45. The van der Waals surface area contributed by atoms with Gasteiger partial charge >= 0.3 is 0 Å². The number of rotatable bonds is 4. The van der Waals surface area contributed by atoms with Crippen molar-refractivity contribution >= 4 is 17.5 Å². The van der Waals surface area contributed by atoms with Gasteiger partial charge in [-0.3, -0.25) is 4.79 Å². The van der Waals surface area contributed by atoms with Gasteiger partial charge in [0.15, 0.2) is 0 Å². The van der Waals surface area contributed by atoms with Crippen LogP contribution in [0.25, 0.3) is 0 Å². The van der Waals surface area contributed by atoms with Crippen molar-refractivity contribution in [2.45, 2.75) is 38.7 Å². The lowest BCUT2D eigenvalue weighted by atomic mass is 9.90. The van der Waals surface area contributed by atoms with E-state index in [0.717, 1.165) is 12.8 Å². The molecule has 0 aromatic heterocycles. The fraction of sp³-hybridized carbons (Fsp3) is 0.909. The average molecular weight is 234 g/mol. The number of aliphatic hydroxyl groups is 1. The molecule has 15 heavy (non-hydrogen) atoms. The van der Waals surface area contributed by atoms with E-state index in [0.29, 0.717) is 31.8 Å². The van der Waals surface area contributed by atoms with Crippen LogP contribution in [0, 0.1) is 5.92 Å². The second-order valence-electron chi connectivity index (χ2n) is 4.18. The molecule has 88 valence electrons. The Morgan fingerprint density at radius 2 is 2.33 bits per heavy atom. The molecule has 0 unspecified atom stereocenters. The van der Waals surface area contributed by atoms with Crippen LogP contribution in [0.2, 0.25) is 0 Å². The highest BCUT2D eigenvalue weighted by atomic mass is 35.5. The molecule has 0 aliphatic carbocycles. The first-order valence-corrected chi connectivity index (χ1v) is 6.24. The monoisotopic (exact) mass is 233 g/mol. The summed E-state index contributed by atoms with van der Waals surface area (Å²) in [6.45, 7) is 3.48. The SMILES string of the molecule is CCC[C@@H]1CN(C(=O)CCCl)CC[C@H]1O. The minimum Gasteiger partial charge on any atom is -0.393 e. The molecule has 3 nitrogen and oxygen atoms in total. The number of halogens is 1. The maximum Gasteiger partial charge on any atom is 0.223 e. The summed E-state index contributed by atoms with van der Waals surface area (Å²) in [5.41, 5.74) is 0. The predicted molar refractivity (Wildman–Crippen MR) is 60.9 cm³/mol. The van der Waals surface area contributed by atoms with E-state index in [2.05, 4.69) is 6.92 Å². The maximum absolute atomic E-state index is 11.6. The van der Waals surface area contributed by atoms with E-state index in [-0.39, 0.29) is 17.9 Å². The highest BCUT2D eigenvalue weighted by Gasteiger charge is 2.28. The molecule has 1 saturated heterocycles. The molecule has 0 saturated carbocycles. The van der Waals surface area contributed by atoms with E-state index in [1.54, 1.807) is 0 Å². The Kier molecular flexibility index (Phi) is 5.40. The summed E-state index contributed by atoms with van der Waals surface area (Å²) < 4.78 is 0. The fourth-order valence-corrected chi connectivity index (χ4v) is 2.30. The zero-order chi connectivity index (χ0) is 11.3. The standard InChI is InChI=1S/C11H20ClNO2/c1-2-3-9-8-13(7-5-10(9)14)11(15)4-6-12/h9-10,14H,2-8H2,1H3/t9-,10-/m1/s1. The van der Waals surface area contributed by atoms with Gasteiger partial charge in [0.05, 0.1) is 6.10 Å². The summed E-state index contributed by atoms with van der Waals surface area (Å²) in [5, 5.41) is 9.77. The van der Waals surface area contributed by atoms with E-state index in [1.807, 2.05) is 4.90 Å². The normalized spacial score (nSPS) is 26.7. The van der Waals surface area contributed by atoms with E-state index in [4.69, 9.17) is 11.6 Å². The lowest BCUT2D eigenvalue weighted by molar-refractivity contribution is -0.134. The van der Waals surface area contributed by atoms with Crippen LogP contribution < -0.4 is 0 Å². The number of aliphatic hydroxyl groups excluding tert-OH is 1. The van der Waals surface area contributed by atoms with Crippen molar-refractivity contribution in [1.82, 2.24) is 4.90 Å². The molecule has 1 heterocycles. The average Bonchev–Trinajstić information content (AvgIpc) is 2.22. The smallest absolute Gasteiger partial charge is 0.223 e. The number of hydrogen-bond acceptors (Lipinski definition) is 2. The number of piperidine rings is 1. The Labute approximate surface area is 96.4 Å². The number of likely N-dealkylation sites (tertiary alicyclic amines) is 1. The van der Waals surface area contributed by atoms with Crippen LogP contribution in [-0.2, 0) is 4.79 Å². The molecule has 1 amide bonds. The molecule has 2 atom stereocenters. The van der Waals surface area contributed by atoms with Gasteiger partial charge < -0.3 is 10.0 Å². The van der Waals surface area contributed by atoms with Crippen LogP contribution >= 0.6 is 11.6 Å². The van der Waals surface area contributed by atoms with Crippen molar-refractivity contribution in [3.63, 3.8) is 0 Å². The lowest BCUT2D eigenvalue weighted by Gasteiger charge is -2.36. The van der Waals surface area contributed by atoms with Gasteiger partial charge in [-0.05, 0) is 12.8 Å². The molecule has 1 N–H and O–H groups in total. The van der Waals surface area contributed by atoms with Crippen LogP contribution in [0.15, 0.2) is 0 Å². The minimum absolute atomic E-state index is 0.123. The zero-order valence-corrected chi connectivity index (χ0v) is 10.0. The van der Waals surface area contributed by atoms with Crippen LogP contribution in [0.4, 0.5) is 0 Å². The van der Waals surface area contributed by atoms with Gasteiger partial charge in [-0.2, -0.15) is 0 Å². The first-order valence-electron chi connectivity index (χ1n) is 5.70. The fourth-order valence-electron chi connectivity index (χ4n) is 2.14. The van der Waals surface area contributed by atoms with Gasteiger partial charge in [0.2, 0.25) is 5.91 Å². The van der Waals surface area contributed by atoms with Crippen molar-refractivity contribution < 1.29 is 9.90 Å². The van der Waals surface area contributed by atoms with Crippen molar-refractivity contribution in [3.05, 3.63) is 0 Å². The Bertz CT molecular complexity index is 211. The van der Waals surface area contributed by atoms with Gasteiger partial charge in [0.1, 0.15) is 0 Å². The summed E-state index contributed by atoms with van der Waals surface area (Å²) in [6, 6.07) is 0.